The molecule has 0 spiro atoms. The van der Waals surface area contributed by atoms with E-state index in [-0.39, 0.29) is 16.0 Å². The van der Waals surface area contributed by atoms with E-state index in [4.69, 9.17) is 51.1 Å². The first-order valence-corrected chi connectivity index (χ1v) is 8.31. The molecule has 0 unspecified atom stereocenters. The maximum atomic E-state index is 12.3. The molecule has 0 radical (unpaired) electrons. The third-order valence-corrected chi connectivity index (χ3v) is 4.00. The predicted octanol–water partition coefficient (Wildman–Crippen LogP) is 6.34. The topological polar surface area (TPSA) is 38.3 Å². The summed E-state index contributed by atoms with van der Waals surface area (Å²) < 4.78 is 5.47. The molecule has 2 rings (SSSR count). The smallest absolute Gasteiger partial charge is 0.255 e. The highest BCUT2D eigenvalue weighted by molar-refractivity contribution is 6.38. The number of carbonyl (C=O) groups excluding carboxylic acids is 1. The van der Waals surface area contributed by atoms with Crippen LogP contribution in [-0.2, 0) is 0 Å². The van der Waals surface area contributed by atoms with Gasteiger partial charge < -0.3 is 10.1 Å². The van der Waals surface area contributed by atoms with E-state index in [1.54, 1.807) is 18.2 Å². The van der Waals surface area contributed by atoms with E-state index in [2.05, 4.69) is 5.32 Å². The average molecular weight is 393 g/mol. The molecule has 1 amide bonds. The van der Waals surface area contributed by atoms with Crippen LogP contribution in [0.4, 0.5) is 5.69 Å². The summed E-state index contributed by atoms with van der Waals surface area (Å²) in [6, 6.07) is 7.78. The normalized spacial score (nSPS) is 10.5. The van der Waals surface area contributed by atoms with Gasteiger partial charge in [0, 0.05) is 10.6 Å². The van der Waals surface area contributed by atoms with Gasteiger partial charge in [-0.15, -0.1) is 0 Å². The van der Waals surface area contributed by atoms with Gasteiger partial charge in [-0.2, -0.15) is 0 Å². The Bertz CT molecular complexity index is 711. The third-order valence-electron chi connectivity index (χ3n) is 2.89. The number of carbonyl (C=O) groups is 1. The minimum absolute atomic E-state index is 0.276. The van der Waals surface area contributed by atoms with Crippen LogP contribution in [0.5, 0.6) is 5.75 Å². The number of hydrogen-bond acceptors (Lipinski definition) is 2. The number of nitrogens with one attached hydrogen (secondary N) is 1. The lowest BCUT2D eigenvalue weighted by Crippen LogP contribution is -2.12. The fourth-order valence-electron chi connectivity index (χ4n) is 1.82. The van der Waals surface area contributed by atoms with Crippen LogP contribution in [0.25, 0.3) is 0 Å². The molecule has 0 aliphatic heterocycles. The number of rotatable bonds is 5. The molecule has 1 N–H and O–H groups in total. The zero-order valence-electron chi connectivity index (χ0n) is 12.1. The molecule has 0 aromatic heterocycles. The number of benzene rings is 2. The van der Waals surface area contributed by atoms with Gasteiger partial charge in [-0.25, -0.2) is 0 Å². The second-order valence-electron chi connectivity index (χ2n) is 4.70. The van der Waals surface area contributed by atoms with Crippen LogP contribution in [-0.4, -0.2) is 12.5 Å². The SMILES string of the molecule is CCCOc1c(Cl)cc(C(=O)Nc2ccc(Cl)cc2Cl)cc1Cl. The zero-order valence-corrected chi connectivity index (χ0v) is 15.2. The molecule has 0 aliphatic rings. The summed E-state index contributed by atoms with van der Waals surface area (Å²) >= 11 is 24.1. The summed E-state index contributed by atoms with van der Waals surface area (Å²) in [6.07, 6.45) is 0.823. The van der Waals surface area contributed by atoms with Gasteiger partial charge in [0.15, 0.2) is 5.75 Å². The van der Waals surface area contributed by atoms with E-state index < -0.39 is 0 Å². The largest absolute Gasteiger partial charge is 0.490 e. The Balaban J connectivity index is 2.22. The standard InChI is InChI=1S/C16H13Cl4NO2/c1-2-5-23-15-12(19)6-9(7-13(15)20)16(22)21-14-4-3-10(17)8-11(14)18/h3-4,6-8H,2,5H2,1H3,(H,21,22). The minimum Gasteiger partial charge on any atom is -0.490 e. The van der Waals surface area contributed by atoms with Crippen molar-refractivity contribution in [3.8, 4) is 5.75 Å². The van der Waals surface area contributed by atoms with Crippen LogP contribution in [0.15, 0.2) is 30.3 Å². The van der Waals surface area contributed by atoms with E-state index in [0.717, 1.165) is 6.42 Å². The van der Waals surface area contributed by atoms with E-state index in [0.29, 0.717) is 33.7 Å². The van der Waals surface area contributed by atoms with Crippen molar-refractivity contribution in [1.29, 1.82) is 0 Å². The van der Waals surface area contributed by atoms with Gasteiger partial charge in [-0.3, -0.25) is 4.79 Å². The van der Waals surface area contributed by atoms with Crippen LogP contribution in [0.1, 0.15) is 23.7 Å². The quantitative estimate of drug-likeness (QED) is 0.644. The van der Waals surface area contributed by atoms with E-state index in [9.17, 15) is 4.79 Å². The lowest BCUT2D eigenvalue weighted by Gasteiger charge is -2.12. The average Bonchev–Trinajstić information content (AvgIpc) is 2.49. The Labute approximate surface area is 154 Å². The van der Waals surface area contributed by atoms with Crippen molar-refractivity contribution < 1.29 is 9.53 Å². The van der Waals surface area contributed by atoms with E-state index in [1.165, 1.54) is 12.1 Å². The fraction of sp³-hybridized carbons (Fsp3) is 0.188. The van der Waals surface area contributed by atoms with Crippen LogP contribution >= 0.6 is 46.4 Å². The molecule has 0 atom stereocenters. The molecule has 7 heteroatoms. The first kappa shape index (κ1) is 18.2. The molecular weight excluding hydrogens is 380 g/mol. The third kappa shape index (κ3) is 4.67. The van der Waals surface area contributed by atoms with Crippen LogP contribution in [0, 0.1) is 0 Å². The Morgan fingerprint density at radius 2 is 1.70 bits per heavy atom. The maximum absolute atomic E-state index is 12.3. The second kappa shape index (κ2) is 8.11. The summed E-state index contributed by atoms with van der Waals surface area (Å²) in [7, 11) is 0. The molecule has 3 nitrogen and oxygen atoms in total. The molecule has 0 saturated heterocycles. The molecule has 23 heavy (non-hydrogen) atoms. The predicted molar refractivity (Wildman–Crippen MR) is 96.7 cm³/mol. The van der Waals surface area contributed by atoms with Gasteiger partial charge in [0.2, 0.25) is 0 Å². The number of hydrogen-bond donors (Lipinski definition) is 1. The lowest BCUT2D eigenvalue weighted by atomic mass is 10.2. The summed E-state index contributed by atoms with van der Waals surface area (Å²) in [5.41, 5.74) is 0.745. The van der Waals surface area contributed by atoms with Crippen molar-refractivity contribution in [2.45, 2.75) is 13.3 Å². The Kier molecular flexibility index (Phi) is 6.42. The van der Waals surface area contributed by atoms with Crippen LogP contribution in [0.2, 0.25) is 20.1 Å². The number of ether oxygens (including phenoxy) is 1. The molecule has 122 valence electrons. The van der Waals surface area contributed by atoms with Gasteiger partial charge in [0.05, 0.1) is 27.4 Å². The summed E-state index contributed by atoms with van der Waals surface area (Å²) in [4.78, 5) is 12.3. The number of anilines is 1. The van der Waals surface area contributed by atoms with Gasteiger partial charge in [-0.05, 0) is 36.8 Å². The minimum atomic E-state index is -0.389. The molecule has 0 heterocycles. The monoisotopic (exact) mass is 391 g/mol. The second-order valence-corrected chi connectivity index (χ2v) is 6.35. The Hall–Kier alpha value is -1.13. The van der Waals surface area contributed by atoms with Gasteiger partial charge in [0.25, 0.3) is 5.91 Å². The Morgan fingerprint density at radius 3 is 2.26 bits per heavy atom. The Morgan fingerprint density at radius 1 is 1.04 bits per heavy atom. The highest BCUT2D eigenvalue weighted by Gasteiger charge is 2.15. The molecular formula is C16H13Cl4NO2. The van der Waals surface area contributed by atoms with Crippen molar-refractivity contribution in [3.05, 3.63) is 56.0 Å². The fourth-order valence-corrected chi connectivity index (χ4v) is 2.87. The van der Waals surface area contributed by atoms with Crippen molar-refractivity contribution in [2.75, 3.05) is 11.9 Å². The van der Waals surface area contributed by atoms with Crippen molar-refractivity contribution in [2.24, 2.45) is 0 Å². The number of amides is 1. The van der Waals surface area contributed by atoms with E-state index in [1.807, 2.05) is 6.92 Å². The summed E-state index contributed by atoms with van der Waals surface area (Å²) in [5.74, 6) is -0.0173. The molecule has 0 saturated carbocycles. The summed E-state index contributed by atoms with van der Waals surface area (Å²) in [5, 5.41) is 4.06. The first-order valence-electron chi connectivity index (χ1n) is 6.80. The molecule has 2 aromatic carbocycles. The molecule has 0 bridgehead atoms. The van der Waals surface area contributed by atoms with E-state index >= 15 is 0 Å². The summed E-state index contributed by atoms with van der Waals surface area (Å²) in [6.45, 7) is 2.46. The highest BCUT2D eigenvalue weighted by atomic mass is 35.5. The highest BCUT2D eigenvalue weighted by Crippen LogP contribution is 2.35. The lowest BCUT2D eigenvalue weighted by molar-refractivity contribution is 0.102. The maximum Gasteiger partial charge on any atom is 0.255 e. The van der Waals surface area contributed by atoms with Crippen molar-refractivity contribution >= 4 is 58.0 Å². The molecule has 0 aliphatic carbocycles. The van der Waals surface area contributed by atoms with Gasteiger partial charge in [-0.1, -0.05) is 53.3 Å². The van der Waals surface area contributed by atoms with Crippen LogP contribution < -0.4 is 10.1 Å². The van der Waals surface area contributed by atoms with Gasteiger partial charge in [0.1, 0.15) is 0 Å². The first-order chi connectivity index (χ1) is 10.9. The van der Waals surface area contributed by atoms with Crippen molar-refractivity contribution in [1.82, 2.24) is 0 Å². The van der Waals surface area contributed by atoms with Crippen LogP contribution in [0.3, 0.4) is 0 Å². The molecule has 0 fully saturated rings. The van der Waals surface area contributed by atoms with Crippen molar-refractivity contribution in [3.63, 3.8) is 0 Å². The molecule has 2 aromatic rings. The van der Waals surface area contributed by atoms with Gasteiger partial charge >= 0.3 is 0 Å². The zero-order chi connectivity index (χ0) is 17.0. The number of halogens is 4.